The van der Waals surface area contributed by atoms with Crippen LogP contribution >= 0.6 is 22.9 Å². The lowest BCUT2D eigenvalue weighted by atomic mass is 10.4. The summed E-state index contributed by atoms with van der Waals surface area (Å²) in [5, 5.41) is 4.06. The van der Waals surface area contributed by atoms with Gasteiger partial charge in [-0.05, 0) is 6.92 Å². The zero-order valence-electron chi connectivity index (χ0n) is 6.58. The fraction of sp³-hybridized carbons (Fsp3) is 0.429. The number of hydrogen-bond donors (Lipinski definition) is 1. The highest BCUT2D eigenvalue weighted by Gasteiger charge is 2.07. The van der Waals surface area contributed by atoms with Crippen LogP contribution in [0.1, 0.15) is 12.6 Å². The van der Waals surface area contributed by atoms with Gasteiger partial charge in [0.25, 0.3) is 0 Å². The summed E-state index contributed by atoms with van der Waals surface area (Å²) in [7, 11) is 0. The highest BCUT2D eigenvalue weighted by molar-refractivity contribution is 7.07. The largest absolute Gasteiger partial charge is 0.349 e. The van der Waals surface area contributed by atoms with Gasteiger partial charge in [-0.3, -0.25) is 4.79 Å². The first-order chi connectivity index (χ1) is 5.70. The molecule has 0 aliphatic carbocycles. The van der Waals surface area contributed by atoms with Gasteiger partial charge >= 0.3 is 0 Å². The van der Waals surface area contributed by atoms with E-state index in [0.717, 1.165) is 5.69 Å². The molecule has 1 atom stereocenters. The van der Waals surface area contributed by atoms with Crippen LogP contribution < -0.4 is 5.32 Å². The lowest BCUT2D eigenvalue weighted by molar-refractivity contribution is -0.120. The molecule has 3 nitrogen and oxygen atoms in total. The van der Waals surface area contributed by atoms with E-state index >= 15 is 0 Å². The Morgan fingerprint density at radius 3 is 3.17 bits per heavy atom. The highest BCUT2D eigenvalue weighted by atomic mass is 35.5. The fourth-order valence-electron chi connectivity index (χ4n) is 0.643. The van der Waals surface area contributed by atoms with Gasteiger partial charge in [0, 0.05) is 5.38 Å². The van der Waals surface area contributed by atoms with Crippen molar-refractivity contribution < 1.29 is 4.79 Å². The van der Waals surface area contributed by atoms with E-state index in [4.69, 9.17) is 11.6 Å². The quantitative estimate of drug-likeness (QED) is 0.757. The number of nitrogens with zero attached hydrogens (tertiary/aromatic N) is 1. The van der Waals surface area contributed by atoms with Crippen LogP contribution in [0.4, 0.5) is 0 Å². The average molecular weight is 205 g/mol. The Balaban J connectivity index is 2.32. The number of carbonyl (C=O) groups excluding carboxylic acids is 1. The molecule has 1 heterocycles. The van der Waals surface area contributed by atoms with Crippen LogP contribution in [0, 0.1) is 0 Å². The van der Waals surface area contributed by atoms with E-state index in [1.807, 2.05) is 5.38 Å². The lowest BCUT2D eigenvalue weighted by Crippen LogP contribution is -2.29. The number of hydrogen-bond acceptors (Lipinski definition) is 3. The van der Waals surface area contributed by atoms with Gasteiger partial charge in [-0.2, -0.15) is 0 Å². The van der Waals surface area contributed by atoms with Crippen molar-refractivity contribution in [2.24, 2.45) is 0 Å². The number of thiazole rings is 1. The van der Waals surface area contributed by atoms with Crippen molar-refractivity contribution in [2.75, 3.05) is 0 Å². The summed E-state index contributed by atoms with van der Waals surface area (Å²) < 4.78 is 0. The van der Waals surface area contributed by atoms with Crippen molar-refractivity contribution in [2.45, 2.75) is 18.8 Å². The number of nitrogens with one attached hydrogen (secondary N) is 1. The molecule has 1 N–H and O–H groups in total. The Bertz CT molecular complexity index is 248. The number of halogens is 1. The van der Waals surface area contributed by atoms with Crippen LogP contribution in [-0.4, -0.2) is 16.3 Å². The molecule has 0 aliphatic heterocycles. The average Bonchev–Trinajstić information content (AvgIpc) is 2.51. The number of carbonyl (C=O) groups is 1. The molecule has 0 aromatic carbocycles. The third kappa shape index (κ3) is 2.79. The molecule has 1 amide bonds. The van der Waals surface area contributed by atoms with Crippen LogP contribution in [0.25, 0.3) is 0 Å². The summed E-state index contributed by atoms with van der Waals surface area (Å²) in [6.07, 6.45) is 0. The van der Waals surface area contributed by atoms with Crippen molar-refractivity contribution in [1.29, 1.82) is 0 Å². The first kappa shape index (κ1) is 9.48. The monoisotopic (exact) mass is 204 g/mol. The Hall–Kier alpha value is -0.610. The zero-order valence-corrected chi connectivity index (χ0v) is 8.15. The van der Waals surface area contributed by atoms with Crippen LogP contribution in [0.15, 0.2) is 10.9 Å². The molecule has 0 saturated carbocycles. The van der Waals surface area contributed by atoms with E-state index in [1.165, 1.54) is 11.3 Å². The van der Waals surface area contributed by atoms with Crippen molar-refractivity contribution in [3.63, 3.8) is 0 Å². The van der Waals surface area contributed by atoms with E-state index in [-0.39, 0.29) is 5.91 Å². The molecule has 0 bridgehead atoms. The topological polar surface area (TPSA) is 42.0 Å². The maximum Gasteiger partial charge on any atom is 0.238 e. The van der Waals surface area contributed by atoms with Gasteiger partial charge in [-0.25, -0.2) is 4.98 Å². The van der Waals surface area contributed by atoms with E-state index in [2.05, 4.69) is 10.3 Å². The fourth-order valence-corrected chi connectivity index (χ4v) is 1.28. The molecule has 5 heteroatoms. The summed E-state index contributed by atoms with van der Waals surface area (Å²) in [6.45, 7) is 2.09. The second kappa shape index (κ2) is 4.42. The molecule has 0 radical (unpaired) electrons. The number of aromatic nitrogens is 1. The van der Waals surface area contributed by atoms with Gasteiger partial charge < -0.3 is 5.32 Å². The Labute approximate surface area is 79.8 Å². The van der Waals surface area contributed by atoms with Crippen molar-refractivity contribution in [3.8, 4) is 0 Å². The molecule has 0 aliphatic rings. The molecule has 1 unspecified atom stereocenters. The molecule has 1 aromatic rings. The Kier molecular flexibility index (Phi) is 3.49. The molecule has 1 rings (SSSR count). The normalized spacial score (nSPS) is 12.5. The van der Waals surface area contributed by atoms with Crippen molar-refractivity contribution >= 4 is 28.8 Å². The van der Waals surface area contributed by atoms with Crippen LogP contribution in [-0.2, 0) is 11.3 Å². The van der Waals surface area contributed by atoms with Crippen LogP contribution in [0.3, 0.4) is 0 Å². The predicted molar refractivity (Wildman–Crippen MR) is 49.3 cm³/mol. The zero-order chi connectivity index (χ0) is 8.97. The number of rotatable bonds is 3. The molecule has 0 spiro atoms. The first-order valence-electron chi connectivity index (χ1n) is 3.49. The van der Waals surface area contributed by atoms with Crippen LogP contribution in [0.2, 0.25) is 0 Å². The molecule has 0 fully saturated rings. The molecule has 66 valence electrons. The molecule has 0 saturated heterocycles. The summed E-state index contributed by atoms with van der Waals surface area (Å²) in [5.74, 6) is -0.162. The molecular formula is C7H9ClN2OS. The van der Waals surface area contributed by atoms with Gasteiger partial charge in [0.15, 0.2) is 0 Å². The van der Waals surface area contributed by atoms with E-state index in [1.54, 1.807) is 12.4 Å². The standard InChI is InChI=1S/C7H9ClN2OS/c1-5(8)7(11)9-2-6-3-12-4-10-6/h3-5H,2H2,1H3,(H,9,11). The van der Waals surface area contributed by atoms with Gasteiger partial charge in [0.2, 0.25) is 5.91 Å². The predicted octanol–water partition coefficient (Wildman–Crippen LogP) is 1.39. The van der Waals surface area contributed by atoms with E-state index < -0.39 is 5.38 Å². The van der Waals surface area contributed by atoms with Crippen molar-refractivity contribution in [1.82, 2.24) is 10.3 Å². The third-order valence-electron chi connectivity index (χ3n) is 1.29. The molecule has 1 aromatic heterocycles. The maximum atomic E-state index is 11.0. The van der Waals surface area contributed by atoms with Crippen LogP contribution in [0.5, 0.6) is 0 Å². The van der Waals surface area contributed by atoms with Gasteiger partial charge in [0.1, 0.15) is 5.38 Å². The molecule has 12 heavy (non-hydrogen) atoms. The Morgan fingerprint density at radius 2 is 2.67 bits per heavy atom. The smallest absolute Gasteiger partial charge is 0.238 e. The summed E-state index contributed by atoms with van der Waals surface area (Å²) in [6, 6.07) is 0. The minimum Gasteiger partial charge on any atom is -0.349 e. The van der Waals surface area contributed by atoms with Gasteiger partial charge in [0.05, 0.1) is 17.7 Å². The number of alkyl halides is 1. The van der Waals surface area contributed by atoms with Gasteiger partial charge in [-0.1, -0.05) is 0 Å². The SMILES string of the molecule is CC(Cl)C(=O)NCc1cscn1. The minimum absolute atomic E-state index is 0.162. The Morgan fingerprint density at radius 1 is 1.92 bits per heavy atom. The van der Waals surface area contributed by atoms with E-state index in [9.17, 15) is 4.79 Å². The molecular weight excluding hydrogens is 196 g/mol. The third-order valence-corrected chi connectivity index (χ3v) is 2.12. The van der Waals surface area contributed by atoms with E-state index in [0.29, 0.717) is 6.54 Å². The number of amides is 1. The second-order valence-electron chi connectivity index (χ2n) is 2.31. The summed E-state index contributed by atoms with van der Waals surface area (Å²) >= 11 is 7.04. The maximum absolute atomic E-state index is 11.0. The summed E-state index contributed by atoms with van der Waals surface area (Å²) in [5.41, 5.74) is 2.59. The highest BCUT2D eigenvalue weighted by Crippen LogP contribution is 2.00. The first-order valence-corrected chi connectivity index (χ1v) is 4.87. The summed E-state index contributed by atoms with van der Waals surface area (Å²) in [4.78, 5) is 15.0. The minimum atomic E-state index is -0.483. The van der Waals surface area contributed by atoms with Crippen molar-refractivity contribution in [3.05, 3.63) is 16.6 Å². The van der Waals surface area contributed by atoms with Gasteiger partial charge in [-0.15, -0.1) is 22.9 Å². The lowest BCUT2D eigenvalue weighted by Gasteiger charge is -2.03. The second-order valence-corrected chi connectivity index (χ2v) is 3.69.